The summed E-state index contributed by atoms with van der Waals surface area (Å²) in [5.74, 6) is 1.03. The molecule has 1 aromatic heterocycles. The van der Waals surface area contributed by atoms with Crippen LogP contribution in [0.4, 0.5) is 0 Å². The molecule has 0 aliphatic carbocycles. The average molecular weight is 298 g/mol. The van der Waals surface area contributed by atoms with Gasteiger partial charge < -0.3 is 15.2 Å². The Hall–Kier alpha value is -1.79. The van der Waals surface area contributed by atoms with Gasteiger partial charge in [-0.05, 0) is 37.6 Å². The molecule has 0 atom stereocenters. The van der Waals surface area contributed by atoms with Crippen molar-refractivity contribution in [3.05, 3.63) is 34.1 Å². The topological polar surface area (TPSA) is 83.4 Å². The number of benzene rings is 1. The largest absolute Gasteiger partial charge is 0.493 e. The van der Waals surface area contributed by atoms with Crippen LogP contribution >= 0.6 is 11.6 Å². The highest BCUT2D eigenvalue weighted by molar-refractivity contribution is 6.32. The molecule has 0 fully saturated rings. The second-order valence-electron chi connectivity index (χ2n) is 4.23. The third-order valence-corrected chi connectivity index (χ3v) is 3.10. The van der Waals surface area contributed by atoms with Crippen molar-refractivity contribution in [2.45, 2.75) is 20.0 Å². The number of rotatable bonds is 6. The van der Waals surface area contributed by atoms with E-state index in [1.165, 1.54) is 0 Å². The Kier molecular flexibility index (Phi) is 4.81. The highest BCUT2D eigenvalue weighted by Crippen LogP contribution is 2.37. The van der Waals surface area contributed by atoms with Crippen LogP contribution in [0, 0.1) is 6.92 Å². The Morgan fingerprint density at radius 3 is 2.75 bits per heavy atom. The van der Waals surface area contributed by atoms with E-state index < -0.39 is 0 Å². The lowest BCUT2D eigenvalue weighted by Gasteiger charge is -2.13. The summed E-state index contributed by atoms with van der Waals surface area (Å²) in [6.07, 6.45) is 0.725. The fraction of sp³-hybridized carbons (Fsp3) is 0.385. The number of aromatic nitrogens is 2. The molecule has 2 N–H and O–H groups in total. The van der Waals surface area contributed by atoms with Crippen molar-refractivity contribution in [1.82, 2.24) is 10.3 Å². The number of aryl methyl sites for hydroxylation is 1. The van der Waals surface area contributed by atoms with E-state index >= 15 is 0 Å². The third kappa shape index (κ3) is 3.20. The maximum Gasteiger partial charge on any atom is 0.180 e. The molecule has 2 aromatic rings. The van der Waals surface area contributed by atoms with Crippen LogP contribution in [0.25, 0.3) is 0 Å². The van der Waals surface area contributed by atoms with Gasteiger partial charge in [-0.25, -0.2) is 4.63 Å². The van der Waals surface area contributed by atoms with Gasteiger partial charge in [0.25, 0.3) is 0 Å². The van der Waals surface area contributed by atoms with Crippen LogP contribution in [-0.4, -0.2) is 24.0 Å². The van der Waals surface area contributed by atoms with Crippen LogP contribution in [0.5, 0.6) is 11.5 Å². The number of nitrogens with two attached hydrogens (primary N) is 1. The summed E-state index contributed by atoms with van der Waals surface area (Å²) < 4.78 is 15.6. The van der Waals surface area contributed by atoms with Crippen molar-refractivity contribution >= 4 is 11.6 Å². The predicted octanol–water partition coefficient (Wildman–Crippen LogP) is 2.12. The molecule has 0 radical (unpaired) electrons. The highest BCUT2D eigenvalue weighted by Gasteiger charge is 2.14. The van der Waals surface area contributed by atoms with E-state index in [0.717, 1.165) is 12.0 Å². The minimum absolute atomic E-state index is 0.210. The number of methoxy groups -OCH3 is 1. The summed E-state index contributed by atoms with van der Waals surface area (Å²) in [4.78, 5) is 0. The summed E-state index contributed by atoms with van der Waals surface area (Å²) in [7, 11) is 1.56. The van der Waals surface area contributed by atoms with Crippen LogP contribution in [0.3, 0.4) is 0 Å². The molecule has 0 spiro atoms. The van der Waals surface area contributed by atoms with E-state index in [2.05, 4.69) is 14.9 Å². The normalized spacial score (nSPS) is 10.6. The van der Waals surface area contributed by atoms with Crippen molar-refractivity contribution in [2.75, 3.05) is 13.7 Å². The minimum Gasteiger partial charge on any atom is -0.493 e. The van der Waals surface area contributed by atoms with Crippen molar-refractivity contribution in [1.29, 1.82) is 0 Å². The summed E-state index contributed by atoms with van der Waals surface area (Å²) >= 11 is 6.22. The van der Waals surface area contributed by atoms with Crippen molar-refractivity contribution in [3.63, 3.8) is 0 Å². The molecular formula is C13H16ClN3O3. The molecule has 1 heterocycles. The highest BCUT2D eigenvalue weighted by atomic mass is 35.5. The van der Waals surface area contributed by atoms with E-state index in [9.17, 15) is 0 Å². The first-order valence-corrected chi connectivity index (χ1v) is 6.50. The third-order valence-electron chi connectivity index (χ3n) is 2.82. The maximum absolute atomic E-state index is 6.22. The fourth-order valence-corrected chi connectivity index (χ4v) is 2.03. The number of ether oxygens (including phenoxy) is 2. The number of hydrogen-bond donors (Lipinski definition) is 1. The van der Waals surface area contributed by atoms with Crippen LogP contribution in [-0.2, 0) is 13.0 Å². The van der Waals surface area contributed by atoms with Gasteiger partial charge in [-0.1, -0.05) is 21.9 Å². The summed E-state index contributed by atoms with van der Waals surface area (Å²) in [6, 6.07) is 3.68. The molecule has 0 unspecified atom stereocenters. The first-order valence-electron chi connectivity index (χ1n) is 6.13. The van der Waals surface area contributed by atoms with E-state index in [1.807, 2.05) is 12.1 Å². The Labute approximate surface area is 121 Å². The average Bonchev–Trinajstić information content (AvgIpc) is 2.83. The predicted molar refractivity (Wildman–Crippen MR) is 74.1 cm³/mol. The molecule has 108 valence electrons. The van der Waals surface area contributed by atoms with Gasteiger partial charge in [-0.2, -0.15) is 0 Å². The maximum atomic E-state index is 6.22. The van der Waals surface area contributed by atoms with Crippen LogP contribution in [0.1, 0.15) is 17.0 Å². The van der Waals surface area contributed by atoms with Crippen molar-refractivity contribution in [2.24, 2.45) is 5.73 Å². The van der Waals surface area contributed by atoms with Crippen molar-refractivity contribution < 1.29 is 14.1 Å². The Morgan fingerprint density at radius 2 is 2.15 bits per heavy atom. The van der Waals surface area contributed by atoms with Gasteiger partial charge in [-0.15, -0.1) is 0 Å². The molecule has 0 amide bonds. The zero-order chi connectivity index (χ0) is 14.5. The second-order valence-corrected chi connectivity index (χ2v) is 4.64. The Balaban J connectivity index is 2.20. The molecule has 1 aromatic carbocycles. The zero-order valence-corrected chi connectivity index (χ0v) is 12.1. The number of hydrogen-bond acceptors (Lipinski definition) is 6. The molecule has 2 rings (SSSR count). The Morgan fingerprint density at radius 1 is 1.35 bits per heavy atom. The smallest absolute Gasteiger partial charge is 0.180 e. The molecule has 0 bridgehead atoms. The van der Waals surface area contributed by atoms with E-state index in [1.54, 1.807) is 14.0 Å². The molecule has 0 aliphatic rings. The number of halogens is 1. The summed E-state index contributed by atoms with van der Waals surface area (Å²) in [6.45, 7) is 2.55. The standard InChI is InChI=1S/C13H16ClN3O3/c1-8-11(17-20-16-8)7-19-13-10(14)5-9(3-4-15)6-12(13)18-2/h5-6H,3-4,7,15H2,1-2H3. The molecule has 20 heavy (non-hydrogen) atoms. The lowest BCUT2D eigenvalue weighted by molar-refractivity contribution is 0.260. The molecular weight excluding hydrogens is 282 g/mol. The fourth-order valence-electron chi connectivity index (χ4n) is 1.75. The van der Waals surface area contributed by atoms with E-state index in [0.29, 0.717) is 34.5 Å². The molecule has 0 saturated heterocycles. The van der Waals surface area contributed by atoms with Gasteiger partial charge in [0.1, 0.15) is 18.0 Å². The van der Waals surface area contributed by atoms with Gasteiger partial charge in [0.15, 0.2) is 11.5 Å². The van der Waals surface area contributed by atoms with Gasteiger partial charge in [0.05, 0.1) is 12.1 Å². The van der Waals surface area contributed by atoms with E-state index in [4.69, 9.17) is 26.8 Å². The second kappa shape index (κ2) is 6.58. The summed E-state index contributed by atoms with van der Waals surface area (Å²) in [5.41, 5.74) is 7.84. The van der Waals surface area contributed by atoms with Gasteiger partial charge in [-0.3, -0.25) is 0 Å². The lowest BCUT2D eigenvalue weighted by atomic mass is 10.1. The van der Waals surface area contributed by atoms with Crippen LogP contribution < -0.4 is 15.2 Å². The quantitative estimate of drug-likeness (QED) is 0.879. The molecule has 6 nitrogen and oxygen atoms in total. The Bertz CT molecular complexity index is 586. The SMILES string of the molecule is COc1cc(CCN)cc(Cl)c1OCc1nonc1C. The van der Waals surface area contributed by atoms with Crippen LogP contribution in [0.2, 0.25) is 5.02 Å². The van der Waals surface area contributed by atoms with E-state index in [-0.39, 0.29) is 6.61 Å². The summed E-state index contributed by atoms with van der Waals surface area (Å²) in [5, 5.41) is 7.91. The molecule has 0 aliphatic heterocycles. The van der Waals surface area contributed by atoms with Gasteiger partial charge in [0.2, 0.25) is 0 Å². The first-order chi connectivity index (χ1) is 9.65. The first kappa shape index (κ1) is 14.6. The van der Waals surface area contributed by atoms with Crippen LogP contribution in [0.15, 0.2) is 16.8 Å². The lowest BCUT2D eigenvalue weighted by Crippen LogP contribution is -2.04. The van der Waals surface area contributed by atoms with Crippen molar-refractivity contribution in [3.8, 4) is 11.5 Å². The monoisotopic (exact) mass is 297 g/mol. The molecule has 0 saturated carbocycles. The number of nitrogens with zero attached hydrogens (tertiary/aromatic N) is 2. The minimum atomic E-state index is 0.210. The van der Waals surface area contributed by atoms with Gasteiger partial charge >= 0.3 is 0 Å². The molecule has 7 heteroatoms. The zero-order valence-electron chi connectivity index (χ0n) is 11.4. The van der Waals surface area contributed by atoms with Gasteiger partial charge in [0, 0.05) is 0 Å².